The van der Waals surface area contributed by atoms with E-state index in [0.29, 0.717) is 11.3 Å². The van der Waals surface area contributed by atoms with Crippen molar-refractivity contribution in [2.75, 3.05) is 0 Å². The number of nitrogens with zero attached hydrogens (tertiary/aromatic N) is 4. The average Bonchev–Trinajstić information content (AvgIpc) is 1.52. The van der Waals surface area contributed by atoms with E-state index in [1.165, 1.54) is 0 Å². The lowest BCUT2D eigenvalue weighted by Gasteiger charge is -2.34. The molecule has 0 fully saturated rings. The fourth-order valence-corrected chi connectivity index (χ4v) is 14.7. The average molecular weight is 938 g/mol. The van der Waals surface area contributed by atoms with Crippen LogP contribution in [0.2, 0.25) is 0 Å². The Balaban J connectivity index is 1.18. The summed E-state index contributed by atoms with van der Waals surface area (Å²) in [4.78, 5) is 14.6. The lowest BCUT2D eigenvalue weighted by molar-refractivity contribution is 1.06. The maximum Gasteiger partial charge on any atom is 0.179 e. The minimum Gasteiger partial charge on any atom is -0.309 e. The van der Waals surface area contributed by atoms with Gasteiger partial charge in [0, 0.05) is 47.6 Å². The molecule has 3 aromatic heterocycles. The molecule has 0 spiro atoms. The van der Waals surface area contributed by atoms with Gasteiger partial charge in [0.15, 0.2) is 25.5 Å². The van der Waals surface area contributed by atoms with E-state index in [1.54, 1.807) is 12.1 Å². The minimum absolute atomic E-state index is 0.0497. The summed E-state index contributed by atoms with van der Waals surface area (Å²) in [5.41, 5.74) is -4.02. The molecular weight excluding hydrogens is 873 g/mol. The second-order valence-corrected chi connectivity index (χ2v) is 20.6. The molecule has 4 nitrogen and oxygen atoms in total. The third-order valence-electron chi connectivity index (χ3n) is 12.0. The Hall–Kier alpha value is -8.55. The molecule has 3 heterocycles. The summed E-state index contributed by atoms with van der Waals surface area (Å²) in [6.45, 7) is 0. The highest BCUT2D eigenvalue weighted by molar-refractivity contribution is 7.25. The third kappa shape index (κ3) is 6.83. The zero-order valence-corrected chi connectivity index (χ0v) is 37.5. The van der Waals surface area contributed by atoms with Crippen LogP contribution in [0.15, 0.2) is 254 Å². The van der Waals surface area contributed by atoms with Gasteiger partial charge in [-0.25, -0.2) is 15.0 Å². The molecule has 13 aromatic rings. The van der Waals surface area contributed by atoms with Crippen molar-refractivity contribution in [3.05, 3.63) is 254 Å². The van der Waals surface area contributed by atoms with Crippen LogP contribution in [-0.2, 0) is 0 Å². The first-order chi connectivity index (χ1) is 43.8. The molecule has 0 radical (unpaired) electrons. The fourth-order valence-electron chi connectivity index (χ4n) is 9.03. The van der Waals surface area contributed by atoms with Crippen molar-refractivity contribution >= 4 is 82.1 Å². The molecular formula is C63H42N4SSi. The number of hydrogen-bond donors (Lipinski definition) is 0. The standard InChI is InChI=1S/C63H42N4SSi/c1-4-20-45(21-5-1)69(46-22-6-2-7-23-46,47-24-8-3-9-25-47)48-39-36-43(37-40-48)61-64-62(54-30-11-10-26-49(54)44-38-41-53-52-29-15-19-35-59(52)68-60(53)42-44)66-63(65-61)55-31-14-18-34-58(55)67-56-32-16-12-27-50(56)51-28-13-17-33-57(51)67/h1-42H/i10D,11D,12D,13D,14D,15D,16D,17D,18D,19D,26D,27D,28D,29D,30D,31D,32D,33D,34D,35D,38D,41D,42D. The lowest BCUT2D eigenvalue weighted by atomic mass is 9.98. The molecule has 13 rings (SSSR count). The third-order valence-corrected chi connectivity index (χ3v) is 17.8. The molecule has 0 bridgehead atoms. The number of hydrogen-bond acceptors (Lipinski definition) is 4. The number of para-hydroxylation sites is 3. The number of aromatic nitrogens is 4. The van der Waals surface area contributed by atoms with Gasteiger partial charge in [0.2, 0.25) is 0 Å². The molecule has 0 aliphatic carbocycles. The Labute approximate surface area is 437 Å². The van der Waals surface area contributed by atoms with Crippen molar-refractivity contribution in [1.29, 1.82) is 0 Å². The Bertz CT molecular complexity index is 5210. The van der Waals surface area contributed by atoms with Gasteiger partial charge in [-0.2, -0.15) is 0 Å². The molecule has 0 amide bonds. The van der Waals surface area contributed by atoms with Crippen molar-refractivity contribution < 1.29 is 31.5 Å². The molecule has 0 atom stereocenters. The van der Waals surface area contributed by atoms with Crippen LogP contribution in [-0.4, -0.2) is 27.6 Å². The second kappa shape index (κ2) is 17.0. The van der Waals surface area contributed by atoms with Crippen LogP contribution < -0.4 is 20.7 Å². The molecule has 0 aliphatic heterocycles. The van der Waals surface area contributed by atoms with Gasteiger partial charge in [0.05, 0.1) is 48.2 Å². The van der Waals surface area contributed by atoms with Crippen LogP contribution in [0.25, 0.3) is 93.0 Å². The first-order valence-corrected chi connectivity index (χ1v) is 24.3. The Kier molecular flexibility index (Phi) is 5.76. The quantitative estimate of drug-likeness (QED) is 0.107. The summed E-state index contributed by atoms with van der Waals surface area (Å²) < 4.78 is 212. The smallest absolute Gasteiger partial charge is 0.179 e. The van der Waals surface area contributed by atoms with Gasteiger partial charge >= 0.3 is 0 Å². The van der Waals surface area contributed by atoms with Crippen LogP contribution in [0.5, 0.6) is 0 Å². The molecule has 0 saturated carbocycles. The van der Waals surface area contributed by atoms with Gasteiger partial charge in [-0.15, -0.1) is 11.3 Å². The molecule has 0 saturated heterocycles. The van der Waals surface area contributed by atoms with E-state index in [4.69, 9.17) is 32.8 Å². The van der Waals surface area contributed by atoms with E-state index in [1.807, 2.05) is 66.7 Å². The van der Waals surface area contributed by atoms with Crippen LogP contribution in [0.4, 0.5) is 0 Å². The topological polar surface area (TPSA) is 43.6 Å². The van der Waals surface area contributed by atoms with Gasteiger partial charge in [0.25, 0.3) is 0 Å². The predicted molar refractivity (Wildman–Crippen MR) is 292 cm³/mol. The van der Waals surface area contributed by atoms with Crippen LogP contribution in [0.3, 0.4) is 0 Å². The van der Waals surface area contributed by atoms with Gasteiger partial charge in [-0.3, -0.25) is 0 Å². The van der Waals surface area contributed by atoms with Crippen LogP contribution >= 0.6 is 11.3 Å². The van der Waals surface area contributed by atoms with Crippen molar-refractivity contribution in [3.8, 4) is 51.0 Å². The van der Waals surface area contributed by atoms with Crippen LogP contribution in [0, 0.1) is 0 Å². The molecule has 0 aliphatic rings. The van der Waals surface area contributed by atoms with Gasteiger partial charge in [0.1, 0.15) is 0 Å². The normalized spacial score (nSPS) is 16.4. The Morgan fingerprint density at radius 3 is 1.45 bits per heavy atom. The predicted octanol–water partition coefficient (Wildman–Crippen LogP) is 13.4. The number of thiophene rings is 1. The van der Waals surface area contributed by atoms with E-state index in [9.17, 15) is 13.7 Å². The minimum atomic E-state index is -3.24. The van der Waals surface area contributed by atoms with Crippen molar-refractivity contribution in [1.82, 2.24) is 19.5 Å². The highest BCUT2D eigenvalue weighted by atomic mass is 32.1. The van der Waals surface area contributed by atoms with Gasteiger partial charge < -0.3 is 4.57 Å². The molecule has 0 N–H and O–H groups in total. The highest BCUT2D eigenvalue weighted by Crippen LogP contribution is 2.40. The van der Waals surface area contributed by atoms with Crippen molar-refractivity contribution in [3.63, 3.8) is 0 Å². The van der Waals surface area contributed by atoms with E-state index < -0.39 is 208 Å². The first-order valence-electron chi connectivity index (χ1n) is 33.0. The summed E-state index contributed by atoms with van der Waals surface area (Å²) in [5, 5.41) is 2.72. The number of fused-ring (bicyclic) bond motifs is 6. The first kappa shape index (κ1) is 23.4. The van der Waals surface area contributed by atoms with E-state index in [0.717, 1.165) is 25.3 Å². The number of rotatable bonds is 9. The van der Waals surface area contributed by atoms with Gasteiger partial charge in [-0.05, 0) is 68.1 Å². The maximum absolute atomic E-state index is 9.81. The van der Waals surface area contributed by atoms with Crippen molar-refractivity contribution in [2.24, 2.45) is 0 Å². The molecule has 0 unspecified atom stereocenters. The second-order valence-electron chi connectivity index (χ2n) is 15.7. The Morgan fingerprint density at radius 1 is 0.362 bits per heavy atom. The monoisotopic (exact) mass is 937 g/mol. The van der Waals surface area contributed by atoms with E-state index in [2.05, 4.69) is 36.4 Å². The summed E-state index contributed by atoms with van der Waals surface area (Å²) >= 11 is 0.714. The summed E-state index contributed by atoms with van der Waals surface area (Å²) in [7, 11) is -3.24. The van der Waals surface area contributed by atoms with Crippen molar-refractivity contribution in [2.45, 2.75) is 0 Å². The molecule has 69 heavy (non-hydrogen) atoms. The fraction of sp³-hybridized carbons (Fsp3) is 0. The zero-order valence-electron chi connectivity index (χ0n) is 58.7. The molecule has 6 heteroatoms. The molecule has 10 aromatic carbocycles. The van der Waals surface area contributed by atoms with E-state index >= 15 is 0 Å². The summed E-state index contributed by atoms with van der Waals surface area (Å²) in [5.74, 6) is -1.66. The summed E-state index contributed by atoms with van der Waals surface area (Å²) in [6.07, 6.45) is 0. The summed E-state index contributed by atoms with van der Waals surface area (Å²) in [6, 6.07) is 19.2. The lowest BCUT2D eigenvalue weighted by Crippen LogP contribution is -2.74. The highest BCUT2D eigenvalue weighted by Gasteiger charge is 2.41. The SMILES string of the molecule is [2H]c1c([2H])c([2H])c(-c2c([2H])c([2H])c3c(sc4c([2H])c([2H])c([2H])c([2H])c43)c2[2H])c(-c2nc(-c3ccc([Si](c4ccccc4)(c4ccccc4)c4ccccc4)cc3)nc(-c3c([2H])c([2H])c([2H])c([2H])c3-n3c4c([2H])c([2H])c([2H])c([2H])c4c4c([2H])c([2H])c([2H])c([2H])c43)n2)c1[2H]. The number of benzene rings is 10. The Morgan fingerprint density at radius 2 is 0.826 bits per heavy atom. The van der Waals surface area contributed by atoms with E-state index in [-0.39, 0.29) is 31.6 Å². The maximum atomic E-state index is 9.81. The van der Waals surface area contributed by atoms with Crippen LogP contribution in [0.1, 0.15) is 31.5 Å². The largest absolute Gasteiger partial charge is 0.309 e. The zero-order chi connectivity index (χ0) is 65.7. The molecule has 324 valence electrons. The van der Waals surface area contributed by atoms with Gasteiger partial charge in [-0.1, -0.05) is 218 Å².